The Hall–Kier alpha value is 0.380. The predicted molar refractivity (Wildman–Crippen MR) is 84.9 cm³/mol. The molecule has 0 amide bonds. The molecule has 22 heavy (non-hydrogen) atoms. The summed E-state index contributed by atoms with van der Waals surface area (Å²) in [5.74, 6) is -0.647. The summed E-state index contributed by atoms with van der Waals surface area (Å²) in [4.78, 5) is 11.3. The van der Waals surface area contributed by atoms with Gasteiger partial charge in [-0.3, -0.25) is 9.35 Å². The third-order valence-electron chi connectivity index (χ3n) is 3.29. The van der Waals surface area contributed by atoms with Crippen molar-refractivity contribution in [3.8, 4) is 0 Å². The van der Waals surface area contributed by atoms with Gasteiger partial charge in [-0.1, -0.05) is 58.3 Å². The first-order valence-corrected chi connectivity index (χ1v) is 9.67. The predicted octanol–water partition coefficient (Wildman–Crippen LogP) is 0.845. The molecule has 0 aromatic rings. The zero-order chi connectivity index (χ0) is 16.0. The number of carbonyl (C=O) groups excluding carboxylic acids is 1. The summed E-state index contributed by atoms with van der Waals surface area (Å²) >= 11 is 0. The molecule has 0 saturated carbocycles. The van der Waals surface area contributed by atoms with Crippen LogP contribution >= 0.6 is 0 Å². The number of rotatable bonds is 14. The van der Waals surface area contributed by atoms with E-state index >= 15 is 0 Å². The van der Waals surface area contributed by atoms with E-state index in [-0.39, 0.29) is 55.7 Å². The topological polar surface area (TPSA) is 80.7 Å². The Morgan fingerprint density at radius 2 is 1.45 bits per heavy atom. The first-order chi connectivity index (χ1) is 9.95. The van der Waals surface area contributed by atoms with Crippen LogP contribution in [-0.2, 0) is 19.6 Å². The van der Waals surface area contributed by atoms with Gasteiger partial charge < -0.3 is 6.16 Å². The van der Waals surface area contributed by atoms with Crippen molar-refractivity contribution in [1.29, 1.82) is 0 Å². The molecule has 0 spiro atoms. The zero-order valence-corrected chi connectivity index (χ0v) is 17.0. The second-order valence-corrected chi connectivity index (χ2v) is 7.01. The van der Waals surface area contributed by atoms with E-state index in [1.165, 1.54) is 38.5 Å². The Balaban J connectivity index is -0.00000200. The molecule has 0 bridgehead atoms. The first kappa shape index (κ1) is 24.6. The van der Waals surface area contributed by atoms with Crippen molar-refractivity contribution in [2.24, 2.45) is 0 Å². The summed E-state index contributed by atoms with van der Waals surface area (Å²) in [6.07, 6.45) is 11.3. The molecular weight excluding hydrogens is 315 g/mol. The van der Waals surface area contributed by atoms with Crippen molar-refractivity contribution in [2.45, 2.75) is 77.6 Å². The van der Waals surface area contributed by atoms with Gasteiger partial charge in [0.1, 0.15) is 0 Å². The van der Waals surface area contributed by atoms with E-state index in [0.29, 0.717) is 6.42 Å². The van der Waals surface area contributed by atoms with Gasteiger partial charge in [-0.25, -0.2) is 0 Å². The fraction of sp³-hybridized carbons (Fsp3) is 0.933. The zero-order valence-electron chi connectivity index (χ0n) is 15.2. The molecule has 0 fully saturated rings. The maximum atomic E-state index is 11.3. The van der Waals surface area contributed by atoms with Gasteiger partial charge in [-0.05, 0) is 12.8 Å². The van der Waals surface area contributed by atoms with E-state index < -0.39 is 10.1 Å². The van der Waals surface area contributed by atoms with Crippen LogP contribution in [0.15, 0.2) is 0 Å². The van der Waals surface area contributed by atoms with Crippen LogP contribution in [0.4, 0.5) is 0 Å². The van der Waals surface area contributed by atoms with E-state index in [1.54, 1.807) is 0 Å². The molecule has 128 valence electrons. The van der Waals surface area contributed by atoms with E-state index in [9.17, 15) is 13.2 Å². The summed E-state index contributed by atoms with van der Waals surface area (Å²) in [7, 11) is -3.95. The van der Waals surface area contributed by atoms with Crippen LogP contribution in [0.3, 0.4) is 0 Å². The number of esters is 1. The third kappa shape index (κ3) is 20.4. The van der Waals surface area contributed by atoms with Gasteiger partial charge in [0.05, 0.1) is 12.4 Å². The minimum absolute atomic E-state index is 0. The summed E-state index contributed by atoms with van der Waals surface area (Å²) in [5, 5.41) is 0. The maximum Gasteiger partial charge on any atom is 1.00 e. The number of ether oxygens (including phenoxy) is 1. The average Bonchev–Trinajstić information content (AvgIpc) is 2.41. The maximum absolute atomic E-state index is 11.3. The molecule has 0 aliphatic heterocycles. The van der Waals surface area contributed by atoms with Gasteiger partial charge >= 0.3 is 35.5 Å². The van der Waals surface area contributed by atoms with Crippen LogP contribution in [0, 0.1) is 0 Å². The minimum Gasteiger partial charge on any atom is -1.00 e. The second-order valence-electron chi connectivity index (χ2n) is 5.44. The fourth-order valence-corrected chi connectivity index (χ4v) is 2.56. The van der Waals surface area contributed by atoms with Crippen LogP contribution in [0.5, 0.6) is 0 Å². The summed E-state index contributed by atoms with van der Waals surface area (Å²) in [5.41, 5.74) is 0. The van der Waals surface area contributed by atoms with Crippen molar-refractivity contribution < 1.29 is 53.5 Å². The quantitative estimate of drug-likeness (QED) is 0.218. The molecule has 0 aromatic heterocycles. The first-order valence-electron chi connectivity index (χ1n) is 8.06. The van der Waals surface area contributed by atoms with E-state index in [0.717, 1.165) is 19.3 Å². The molecule has 0 radical (unpaired) electrons. The van der Waals surface area contributed by atoms with Gasteiger partial charge in [0, 0.05) is 6.42 Å². The van der Waals surface area contributed by atoms with Crippen LogP contribution in [0.2, 0.25) is 0 Å². The third-order valence-corrected chi connectivity index (χ3v) is 4.10. The van der Waals surface area contributed by atoms with Crippen molar-refractivity contribution in [2.75, 3.05) is 12.4 Å². The SMILES string of the molecule is CCCCCCCCCCCC(=O)OCCCS(=O)(=O)O.[H-].[Na+]. The van der Waals surface area contributed by atoms with Gasteiger partial charge in [0.2, 0.25) is 0 Å². The Bertz CT molecular complexity index is 363. The number of hydrogen-bond acceptors (Lipinski definition) is 4. The molecule has 7 heteroatoms. The van der Waals surface area contributed by atoms with E-state index in [2.05, 4.69) is 6.92 Å². The van der Waals surface area contributed by atoms with E-state index in [1.807, 2.05) is 0 Å². The van der Waals surface area contributed by atoms with Crippen LogP contribution < -0.4 is 29.6 Å². The average molecular weight is 346 g/mol. The largest absolute Gasteiger partial charge is 1.00 e. The van der Waals surface area contributed by atoms with E-state index in [4.69, 9.17) is 9.29 Å². The fourth-order valence-electron chi connectivity index (χ4n) is 2.08. The molecule has 1 N–H and O–H groups in total. The van der Waals surface area contributed by atoms with Crippen molar-refractivity contribution in [3.05, 3.63) is 0 Å². The monoisotopic (exact) mass is 346 g/mol. The summed E-state index contributed by atoms with van der Waals surface area (Å²) in [6, 6.07) is 0. The molecular formula is C15H31NaO5S. The summed E-state index contributed by atoms with van der Waals surface area (Å²) in [6.45, 7) is 2.26. The van der Waals surface area contributed by atoms with Gasteiger partial charge in [0.25, 0.3) is 10.1 Å². The van der Waals surface area contributed by atoms with Crippen LogP contribution in [0.1, 0.15) is 79.0 Å². The summed E-state index contributed by atoms with van der Waals surface area (Å²) < 4.78 is 34.3. The number of carbonyl (C=O) groups is 1. The Kier molecular flexibility index (Phi) is 18.2. The van der Waals surface area contributed by atoms with Gasteiger partial charge in [-0.2, -0.15) is 8.42 Å². The van der Waals surface area contributed by atoms with Gasteiger partial charge in [0.15, 0.2) is 0 Å². The molecule has 0 aliphatic carbocycles. The molecule has 0 atom stereocenters. The molecule has 0 unspecified atom stereocenters. The van der Waals surface area contributed by atoms with Gasteiger partial charge in [-0.15, -0.1) is 0 Å². The Morgan fingerprint density at radius 1 is 0.955 bits per heavy atom. The van der Waals surface area contributed by atoms with Crippen LogP contribution in [-0.4, -0.2) is 31.3 Å². The van der Waals surface area contributed by atoms with Crippen molar-refractivity contribution in [1.82, 2.24) is 0 Å². The standard InChI is InChI=1S/C15H30O5S.Na.H/c1-2-3-4-5-6-7-8-9-10-12-15(16)20-13-11-14-21(17,18)19;;/h2-14H2,1H3,(H,17,18,19);;/q;+1;-1. The smallest absolute Gasteiger partial charge is 1.00 e. The molecule has 0 aromatic carbocycles. The normalized spacial score (nSPS) is 11.0. The number of hydrogen-bond donors (Lipinski definition) is 1. The molecule has 0 heterocycles. The molecule has 5 nitrogen and oxygen atoms in total. The molecule has 0 aliphatic rings. The van der Waals surface area contributed by atoms with Crippen molar-refractivity contribution in [3.63, 3.8) is 0 Å². The second kappa shape index (κ2) is 16.2. The Labute approximate surface area is 159 Å². The minimum atomic E-state index is -3.95. The Morgan fingerprint density at radius 3 is 1.95 bits per heavy atom. The molecule has 0 rings (SSSR count). The van der Waals surface area contributed by atoms with Crippen molar-refractivity contribution >= 4 is 16.1 Å². The molecule has 0 saturated heterocycles. The number of unbranched alkanes of at least 4 members (excludes halogenated alkanes) is 8. The van der Waals surface area contributed by atoms with Crippen LogP contribution in [0.25, 0.3) is 0 Å².